The van der Waals surface area contributed by atoms with Gasteiger partial charge in [0.05, 0.1) is 5.41 Å². The van der Waals surface area contributed by atoms with Gasteiger partial charge in [-0.25, -0.2) is 0 Å². The maximum Gasteiger partial charge on any atom is 0.230 e. The van der Waals surface area contributed by atoms with Crippen molar-refractivity contribution >= 4 is 23.2 Å². The van der Waals surface area contributed by atoms with Crippen molar-refractivity contribution in [2.75, 3.05) is 50.8 Å². The van der Waals surface area contributed by atoms with Crippen LogP contribution in [0.2, 0.25) is 5.02 Å². The Bertz CT molecular complexity index is 553. The van der Waals surface area contributed by atoms with Crippen molar-refractivity contribution in [2.45, 2.75) is 12.8 Å². The first-order valence-corrected chi connectivity index (χ1v) is 8.60. The molecule has 0 aromatic heterocycles. The predicted molar refractivity (Wildman–Crippen MR) is 91.8 cm³/mol. The lowest BCUT2D eigenvalue weighted by atomic mass is 9.78. The summed E-state index contributed by atoms with van der Waals surface area (Å²) in [4.78, 5) is 17.2. The number of nitrogens with zero attached hydrogens (tertiary/aromatic N) is 2. The highest BCUT2D eigenvalue weighted by atomic mass is 35.5. The van der Waals surface area contributed by atoms with Crippen molar-refractivity contribution in [2.24, 2.45) is 11.1 Å². The molecule has 1 aromatic carbocycles. The molecule has 2 aliphatic heterocycles. The number of hydrogen-bond acceptors (Lipinski definition) is 4. The van der Waals surface area contributed by atoms with Crippen LogP contribution in [0.4, 0.5) is 5.69 Å². The topological polar surface area (TPSA) is 58.8 Å². The summed E-state index contributed by atoms with van der Waals surface area (Å²) in [6, 6.07) is 7.86. The molecular weight excluding hydrogens is 314 g/mol. The summed E-state index contributed by atoms with van der Waals surface area (Å²) in [6.45, 7) is 4.77. The molecule has 0 unspecified atom stereocenters. The Morgan fingerprint density at radius 2 is 1.91 bits per heavy atom. The van der Waals surface area contributed by atoms with E-state index < -0.39 is 5.41 Å². The van der Waals surface area contributed by atoms with Crippen LogP contribution in [0.15, 0.2) is 24.3 Å². The third kappa shape index (κ3) is 3.47. The minimum absolute atomic E-state index is 0.203. The Kier molecular flexibility index (Phi) is 5.09. The monoisotopic (exact) mass is 337 g/mol. The van der Waals surface area contributed by atoms with E-state index in [0.29, 0.717) is 19.8 Å². The molecule has 1 amide bonds. The fourth-order valence-electron chi connectivity index (χ4n) is 3.44. The van der Waals surface area contributed by atoms with Crippen molar-refractivity contribution in [3.63, 3.8) is 0 Å². The minimum Gasteiger partial charge on any atom is -0.381 e. The highest BCUT2D eigenvalue weighted by Crippen LogP contribution is 2.32. The average molecular weight is 338 g/mol. The fraction of sp³-hybridized carbons (Fsp3) is 0.588. The molecule has 5 nitrogen and oxygen atoms in total. The van der Waals surface area contributed by atoms with Crippen LogP contribution in [0.25, 0.3) is 0 Å². The average Bonchev–Trinajstić information content (AvgIpc) is 2.62. The minimum atomic E-state index is -0.420. The maximum atomic E-state index is 13.0. The van der Waals surface area contributed by atoms with Gasteiger partial charge in [0.2, 0.25) is 5.91 Å². The van der Waals surface area contributed by atoms with Crippen LogP contribution in [0, 0.1) is 5.41 Å². The smallest absolute Gasteiger partial charge is 0.230 e. The van der Waals surface area contributed by atoms with E-state index in [1.165, 1.54) is 0 Å². The Morgan fingerprint density at radius 3 is 2.52 bits per heavy atom. The van der Waals surface area contributed by atoms with E-state index in [2.05, 4.69) is 11.0 Å². The molecule has 0 saturated carbocycles. The number of hydrogen-bond donors (Lipinski definition) is 1. The summed E-state index contributed by atoms with van der Waals surface area (Å²) in [5.74, 6) is 0.203. The van der Waals surface area contributed by atoms with Crippen molar-refractivity contribution in [3.05, 3.63) is 29.3 Å². The van der Waals surface area contributed by atoms with Gasteiger partial charge in [0, 0.05) is 56.6 Å². The normalized spacial score (nSPS) is 21.3. The molecule has 0 aliphatic carbocycles. The molecule has 0 spiro atoms. The second kappa shape index (κ2) is 7.07. The SMILES string of the molecule is NCC1(C(=O)N2CCN(c3cccc(Cl)c3)CC2)CCOCC1. The molecular formula is C17H24ClN3O2. The number of rotatable bonds is 3. The summed E-state index contributed by atoms with van der Waals surface area (Å²) < 4.78 is 5.40. The molecule has 2 N–H and O–H groups in total. The molecule has 126 valence electrons. The molecule has 0 radical (unpaired) electrons. The van der Waals surface area contributed by atoms with Crippen molar-refractivity contribution in [1.82, 2.24) is 4.90 Å². The van der Waals surface area contributed by atoms with Crippen LogP contribution in [-0.2, 0) is 9.53 Å². The van der Waals surface area contributed by atoms with Crippen LogP contribution < -0.4 is 10.6 Å². The van der Waals surface area contributed by atoms with Gasteiger partial charge in [-0.2, -0.15) is 0 Å². The van der Waals surface area contributed by atoms with Crippen LogP contribution in [0.1, 0.15) is 12.8 Å². The predicted octanol–water partition coefficient (Wildman–Crippen LogP) is 1.74. The van der Waals surface area contributed by atoms with Crippen LogP contribution in [0.5, 0.6) is 0 Å². The zero-order chi connectivity index (χ0) is 16.3. The molecule has 2 saturated heterocycles. The van der Waals surface area contributed by atoms with Gasteiger partial charge >= 0.3 is 0 Å². The second-order valence-corrected chi connectivity index (χ2v) is 6.79. The van der Waals surface area contributed by atoms with E-state index in [9.17, 15) is 4.79 Å². The van der Waals surface area contributed by atoms with Gasteiger partial charge in [-0.3, -0.25) is 4.79 Å². The first-order valence-electron chi connectivity index (χ1n) is 8.22. The van der Waals surface area contributed by atoms with E-state index in [0.717, 1.165) is 49.7 Å². The van der Waals surface area contributed by atoms with Gasteiger partial charge < -0.3 is 20.3 Å². The fourth-order valence-corrected chi connectivity index (χ4v) is 3.63. The number of ether oxygens (including phenoxy) is 1. The van der Waals surface area contributed by atoms with Crippen LogP contribution in [-0.4, -0.2) is 56.7 Å². The Balaban J connectivity index is 1.63. The Morgan fingerprint density at radius 1 is 1.22 bits per heavy atom. The Labute approximate surface area is 142 Å². The maximum absolute atomic E-state index is 13.0. The molecule has 0 atom stereocenters. The number of halogens is 1. The van der Waals surface area contributed by atoms with Crippen molar-refractivity contribution < 1.29 is 9.53 Å². The lowest BCUT2D eigenvalue weighted by molar-refractivity contribution is -0.147. The van der Waals surface area contributed by atoms with E-state index >= 15 is 0 Å². The molecule has 2 aliphatic rings. The lowest BCUT2D eigenvalue weighted by Gasteiger charge is -2.42. The lowest BCUT2D eigenvalue weighted by Crippen LogP contribution is -2.56. The summed E-state index contributed by atoms with van der Waals surface area (Å²) in [5.41, 5.74) is 6.65. The molecule has 0 bridgehead atoms. The number of piperazine rings is 1. The van der Waals surface area contributed by atoms with E-state index in [-0.39, 0.29) is 5.91 Å². The zero-order valence-corrected chi connectivity index (χ0v) is 14.1. The van der Waals surface area contributed by atoms with Gasteiger partial charge in [0.25, 0.3) is 0 Å². The van der Waals surface area contributed by atoms with Crippen molar-refractivity contribution in [1.29, 1.82) is 0 Å². The number of benzene rings is 1. The summed E-state index contributed by atoms with van der Waals surface area (Å²) in [6.07, 6.45) is 1.47. The van der Waals surface area contributed by atoms with Crippen LogP contribution >= 0.6 is 11.6 Å². The summed E-state index contributed by atoms with van der Waals surface area (Å²) in [5, 5.41) is 0.741. The summed E-state index contributed by atoms with van der Waals surface area (Å²) >= 11 is 6.06. The molecule has 2 fully saturated rings. The van der Waals surface area contributed by atoms with Crippen molar-refractivity contribution in [3.8, 4) is 0 Å². The van der Waals surface area contributed by atoms with Gasteiger partial charge in [0.15, 0.2) is 0 Å². The third-order valence-electron chi connectivity index (χ3n) is 5.03. The molecule has 3 rings (SSSR count). The van der Waals surface area contributed by atoms with E-state index in [4.69, 9.17) is 22.1 Å². The van der Waals surface area contributed by atoms with E-state index in [1.807, 2.05) is 23.1 Å². The van der Waals surface area contributed by atoms with Gasteiger partial charge in [0.1, 0.15) is 0 Å². The standard InChI is InChI=1S/C17H24ClN3O2/c18-14-2-1-3-15(12-14)20-6-8-21(9-7-20)16(22)17(13-19)4-10-23-11-5-17/h1-3,12H,4-11,13,19H2. The number of nitrogens with two attached hydrogens (primary N) is 1. The van der Waals surface area contributed by atoms with Gasteiger partial charge in [-0.15, -0.1) is 0 Å². The highest BCUT2D eigenvalue weighted by molar-refractivity contribution is 6.30. The first-order chi connectivity index (χ1) is 11.1. The van der Waals surface area contributed by atoms with E-state index in [1.54, 1.807) is 0 Å². The Hall–Kier alpha value is -1.30. The summed E-state index contributed by atoms with van der Waals surface area (Å²) in [7, 11) is 0. The van der Waals surface area contributed by atoms with Gasteiger partial charge in [-0.1, -0.05) is 17.7 Å². The number of anilines is 1. The molecule has 23 heavy (non-hydrogen) atoms. The molecule has 6 heteroatoms. The number of amides is 1. The molecule has 2 heterocycles. The zero-order valence-electron chi connectivity index (χ0n) is 13.3. The number of carbonyl (C=O) groups excluding carboxylic acids is 1. The molecule has 1 aromatic rings. The third-order valence-corrected chi connectivity index (χ3v) is 5.27. The quantitative estimate of drug-likeness (QED) is 0.912. The number of carbonyl (C=O) groups is 1. The first kappa shape index (κ1) is 16.6. The van der Waals surface area contributed by atoms with Gasteiger partial charge in [-0.05, 0) is 31.0 Å². The van der Waals surface area contributed by atoms with Crippen LogP contribution in [0.3, 0.4) is 0 Å². The second-order valence-electron chi connectivity index (χ2n) is 6.36. The largest absolute Gasteiger partial charge is 0.381 e. The highest BCUT2D eigenvalue weighted by Gasteiger charge is 2.42.